The molecular weight excluding hydrogens is 714 g/mol. The van der Waals surface area contributed by atoms with Crippen molar-refractivity contribution in [2.45, 2.75) is 82.7 Å². The summed E-state index contributed by atoms with van der Waals surface area (Å²) in [6, 6.07) is 4.45. The molecule has 278 valence electrons. The number of hydrogen-bond acceptors (Lipinski definition) is 12. The van der Waals surface area contributed by atoms with Crippen LogP contribution >= 0.6 is 11.3 Å². The van der Waals surface area contributed by atoms with Gasteiger partial charge in [0.25, 0.3) is 0 Å². The zero-order valence-electron chi connectivity index (χ0n) is 30.1. The van der Waals surface area contributed by atoms with E-state index in [1.165, 1.54) is 21.7 Å². The number of aromatic nitrogens is 1. The number of halogens is 1. The highest BCUT2D eigenvalue weighted by Crippen LogP contribution is 2.47. The second-order valence-electron chi connectivity index (χ2n) is 15.3. The monoisotopic (exact) mass is 761 g/mol. The Kier molecular flexibility index (Phi) is 10.9. The number of nitrogens with one attached hydrogen (secondary N) is 1. The zero-order valence-corrected chi connectivity index (χ0v) is 32.7. The molecule has 4 aliphatic rings. The molecule has 1 saturated carbocycles. The minimum absolute atomic E-state index is 0.138. The smallest absolute Gasteiger partial charge is 0.338 e. The first-order chi connectivity index (χ1) is 24.1. The molecule has 3 atom stereocenters. The molecule has 12 nitrogen and oxygen atoms in total. The predicted molar refractivity (Wildman–Crippen MR) is 195 cm³/mol. The summed E-state index contributed by atoms with van der Waals surface area (Å²) in [5, 5.41) is 5.12. The summed E-state index contributed by atoms with van der Waals surface area (Å²) < 4.78 is 61.5. The van der Waals surface area contributed by atoms with Crippen molar-refractivity contribution in [2.75, 3.05) is 46.0 Å². The van der Waals surface area contributed by atoms with Crippen LogP contribution in [-0.2, 0) is 33.8 Å². The molecule has 1 aromatic carbocycles. The molecule has 51 heavy (non-hydrogen) atoms. The maximum Gasteiger partial charge on any atom is 0.338 e. The van der Waals surface area contributed by atoms with Crippen LogP contribution in [0, 0.1) is 18.2 Å². The highest BCUT2D eigenvalue weighted by atomic mass is 32.2. The van der Waals surface area contributed by atoms with Crippen molar-refractivity contribution < 1.29 is 36.6 Å². The van der Waals surface area contributed by atoms with Crippen molar-refractivity contribution in [3.8, 4) is 0 Å². The van der Waals surface area contributed by atoms with Crippen molar-refractivity contribution in [1.82, 2.24) is 19.5 Å². The molecule has 3 aliphatic heterocycles. The number of carbonyl (C=O) groups is 2. The molecule has 1 aromatic heterocycles. The largest absolute Gasteiger partial charge is 0.466 e. The number of amidine groups is 1. The second kappa shape index (κ2) is 14.8. The van der Waals surface area contributed by atoms with E-state index in [0.717, 1.165) is 6.04 Å². The molecule has 0 spiro atoms. The van der Waals surface area contributed by atoms with Crippen molar-refractivity contribution in [2.24, 2.45) is 10.4 Å². The standard InChI is InChI=1S/C35H48FN5O7S2Si/c1-7-46-33(42)29-26(38-31(32-37-11-15-49-32)39-30(29)24-9-8-10-25(36)22(24)2)19-40-12-13-47-28-21-41(20-27(28)40)50(44,45)23-17-35(3,18-23)34(43)48-14-16-51(4,5)6/h8-11,15,23,27-28,30H,7,12-14,16-21H2,1-6H3,(H,38,39)/t23?,27-,28-,30-,35?/m0/s1. The number of aliphatic imine (C=N–C) groups is 1. The molecule has 2 saturated heterocycles. The Morgan fingerprint density at radius 1 is 1.20 bits per heavy atom. The first kappa shape index (κ1) is 37.7. The lowest BCUT2D eigenvalue weighted by Gasteiger charge is -2.43. The Balaban J connectivity index is 1.22. The van der Waals surface area contributed by atoms with Crippen LogP contribution in [0.3, 0.4) is 0 Å². The Morgan fingerprint density at radius 2 is 1.96 bits per heavy atom. The first-order valence-corrected chi connectivity index (χ1v) is 23.6. The van der Waals surface area contributed by atoms with Gasteiger partial charge in [-0.2, -0.15) is 4.31 Å². The number of nitrogens with zero attached hydrogens (tertiary/aromatic N) is 4. The fraction of sp³-hybridized carbons (Fsp3) is 0.600. The summed E-state index contributed by atoms with van der Waals surface area (Å²) in [5.41, 5.74) is 0.898. The van der Waals surface area contributed by atoms with Crippen LogP contribution < -0.4 is 5.32 Å². The molecule has 0 bridgehead atoms. The molecule has 0 radical (unpaired) electrons. The third kappa shape index (κ3) is 7.86. The van der Waals surface area contributed by atoms with Gasteiger partial charge in [0.15, 0.2) is 10.8 Å². The fourth-order valence-corrected chi connectivity index (χ4v) is 10.8. The lowest BCUT2D eigenvalue weighted by atomic mass is 9.70. The van der Waals surface area contributed by atoms with E-state index in [1.807, 2.05) is 5.38 Å². The Morgan fingerprint density at radius 3 is 2.65 bits per heavy atom. The van der Waals surface area contributed by atoms with Gasteiger partial charge < -0.3 is 19.5 Å². The van der Waals surface area contributed by atoms with Gasteiger partial charge >= 0.3 is 11.9 Å². The van der Waals surface area contributed by atoms with Crippen LogP contribution in [0.5, 0.6) is 0 Å². The fourth-order valence-electron chi connectivity index (χ4n) is 7.25. The Bertz CT molecular complexity index is 1810. The number of sulfonamides is 1. The number of benzene rings is 1. The van der Waals surface area contributed by atoms with Crippen molar-refractivity contribution in [3.05, 3.63) is 63.0 Å². The van der Waals surface area contributed by atoms with Gasteiger partial charge in [0.2, 0.25) is 10.0 Å². The van der Waals surface area contributed by atoms with Crippen molar-refractivity contribution in [1.29, 1.82) is 0 Å². The summed E-state index contributed by atoms with van der Waals surface area (Å²) in [5.74, 6) is -0.845. The van der Waals surface area contributed by atoms with E-state index in [1.54, 1.807) is 39.1 Å². The van der Waals surface area contributed by atoms with Crippen LogP contribution in [-0.4, -0.2) is 112 Å². The van der Waals surface area contributed by atoms with Gasteiger partial charge in [-0.25, -0.2) is 22.6 Å². The number of morpholine rings is 1. The van der Waals surface area contributed by atoms with Gasteiger partial charge in [-0.05, 0) is 56.9 Å². The van der Waals surface area contributed by atoms with Crippen LogP contribution in [0.25, 0.3) is 0 Å². The normalized spacial score (nSPS) is 27.3. The van der Waals surface area contributed by atoms with Gasteiger partial charge in [-0.1, -0.05) is 31.8 Å². The average Bonchev–Trinajstić information content (AvgIpc) is 3.76. The summed E-state index contributed by atoms with van der Waals surface area (Å²) >= 11 is 1.39. The van der Waals surface area contributed by atoms with Gasteiger partial charge in [0, 0.05) is 51.5 Å². The van der Waals surface area contributed by atoms with Gasteiger partial charge in [0.05, 0.1) is 48.2 Å². The quantitative estimate of drug-likeness (QED) is 0.247. The molecule has 4 heterocycles. The molecular formula is C35H48FN5O7S2Si. The van der Waals surface area contributed by atoms with Crippen LogP contribution in [0.4, 0.5) is 4.39 Å². The van der Waals surface area contributed by atoms with Crippen LogP contribution in [0.1, 0.15) is 48.9 Å². The second-order valence-corrected chi connectivity index (χ2v) is 24.0. The predicted octanol–water partition coefficient (Wildman–Crippen LogP) is 4.26. The number of rotatable bonds is 12. The first-order valence-electron chi connectivity index (χ1n) is 17.5. The Hall–Kier alpha value is -3.02. The minimum Gasteiger partial charge on any atom is -0.466 e. The lowest BCUT2D eigenvalue weighted by Crippen LogP contribution is -2.53. The van der Waals surface area contributed by atoms with Crippen molar-refractivity contribution >= 4 is 47.2 Å². The maximum atomic E-state index is 14.9. The van der Waals surface area contributed by atoms with Crippen LogP contribution in [0.15, 0.2) is 46.0 Å². The van der Waals surface area contributed by atoms with E-state index < -0.39 is 46.6 Å². The number of ether oxygens (including phenoxy) is 3. The van der Waals surface area contributed by atoms with E-state index in [2.05, 4.69) is 34.8 Å². The average molecular weight is 762 g/mol. The number of esters is 2. The molecule has 1 N–H and O–H groups in total. The van der Waals surface area contributed by atoms with E-state index in [0.29, 0.717) is 47.4 Å². The van der Waals surface area contributed by atoms with E-state index in [-0.39, 0.29) is 62.8 Å². The van der Waals surface area contributed by atoms with Gasteiger partial charge in [-0.15, -0.1) is 11.3 Å². The molecule has 16 heteroatoms. The number of carbonyl (C=O) groups excluding carboxylic acids is 2. The SMILES string of the molecule is CCOC(=O)C1=C(CN2CCO[C@H]3CN(S(=O)(=O)C4CC(C)(C(=O)OCC[Si](C)(C)C)C4)C[C@@H]32)NC(c2nccs2)=N[C@H]1c1cccc(F)c1C. The van der Waals surface area contributed by atoms with Crippen LogP contribution in [0.2, 0.25) is 25.7 Å². The van der Waals surface area contributed by atoms with Gasteiger partial charge in [-0.3, -0.25) is 14.7 Å². The van der Waals surface area contributed by atoms with E-state index in [9.17, 15) is 22.4 Å². The molecule has 0 unspecified atom stereocenters. The summed E-state index contributed by atoms with van der Waals surface area (Å²) in [6.07, 6.45) is 1.72. The highest BCUT2D eigenvalue weighted by molar-refractivity contribution is 7.89. The molecule has 3 fully saturated rings. The number of fused-ring (bicyclic) bond motifs is 1. The third-order valence-electron chi connectivity index (χ3n) is 10.3. The molecule has 1 aliphatic carbocycles. The maximum absolute atomic E-state index is 14.9. The summed E-state index contributed by atoms with van der Waals surface area (Å²) in [4.78, 5) is 38.1. The topological polar surface area (TPSA) is 140 Å². The summed E-state index contributed by atoms with van der Waals surface area (Å²) in [7, 11) is -5.10. The minimum atomic E-state index is -3.73. The Labute approximate surface area is 304 Å². The highest BCUT2D eigenvalue weighted by Gasteiger charge is 2.56. The third-order valence-corrected chi connectivity index (χ3v) is 15.0. The number of thiazole rings is 1. The number of hydrogen-bond donors (Lipinski definition) is 1. The molecule has 0 amide bonds. The van der Waals surface area contributed by atoms with Gasteiger partial charge in [0.1, 0.15) is 11.9 Å². The van der Waals surface area contributed by atoms with E-state index in [4.69, 9.17) is 19.2 Å². The molecule has 6 rings (SSSR count). The summed E-state index contributed by atoms with van der Waals surface area (Å²) in [6.45, 7) is 13.9. The molecule has 2 aromatic rings. The van der Waals surface area contributed by atoms with E-state index >= 15 is 0 Å². The van der Waals surface area contributed by atoms with Crippen molar-refractivity contribution in [3.63, 3.8) is 0 Å². The lowest BCUT2D eigenvalue weighted by molar-refractivity contribution is -0.159. The zero-order chi connectivity index (χ0) is 36.7.